The van der Waals surface area contributed by atoms with Crippen molar-refractivity contribution in [2.45, 2.75) is 6.18 Å². The Labute approximate surface area is 147 Å². The first-order chi connectivity index (χ1) is 12.4. The van der Waals surface area contributed by atoms with Gasteiger partial charge >= 0.3 is 6.18 Å². The second-order valence-corrected chi connectivity index (χ2v) is 5.27. The molecule has 8 heteroatoms. The average molecular weight is 355 g/mol. The van der Waals surface area contributed by atoms with Gasteiger partial charge in [-0.05, 0) is 30.3 Å². The molecule has 0 bridgehead atoms. The fourth-order valence-corrected chi connectivity index (χ4v) is 2.18. The lowest BCUT2D eigenvalue weighted by molar-refractivity contribution is -0.141. The molecule has 0 saturated carbocycles. The zero-order chi connectivity index (χ0) is 18.6. The minimum Gasteiger partial charge on any atom is -0.340 e. The number of para-hydroxylation sites is 1. The first-order valence-corrected chi connectivity index (χ1v) is 7.49. The zero-order valence-electron chi connectivity index (χ0n) is 13.2. The van der Waals surface area contributed by atoms with E-state index in [-0.39, 0.29) is 11.8 Å². The topological polar surface area (TPSA) is 73.6 Å². The van der Waals surface area contributed by atoms with Gasteiger partial charge in [0.2, 0.25) is 5.95 Å². The van der Waals surface area contributed by atoms with E-state index in [0.717, 1.165) is 6.07 Å². The van der Waals surface area contributed by atoms with E-state index in [1.54, 1.807) is 48.5 Å². The lowest BCUT2D eigenvalue weighted by Crippen LogP contribution is -2.12. The van der Waals surface area contributed by atoms with Crippen LogP contribution in [0.3, 0.4) is 0 Å². The van der Waals surface area contributed by atoms with Crippen LogP contribution in [0.2, 0.25) is 0 Å². The maximum atomic E-state index is 13.2. The van der Waals surface area contributed by atoms with Crippen molar-refractivity contribution < 1.29 is 13.2 Å². The highest BCUT2D eigenvalue weighted by atomic mass is 19.4. The van der Waals surface area contributed by atoms with E-state index in [0.29, 0.717) is 16.9 Å². The maximum Gasteiger partial charge on any atom is 0.433 e. The number of alkyl halides is 3. The second kappa shape index (κ2) is 7.11. The van der Waals surface area contributed by atoms with Crippen molar-refractivity contribution in [3.63, 3.8) is 0 Å². The molecule has 3 rings (SSSR count). The van der Waals surface area contributed by atoms with E-state index in [1.165, 1.54) is 6.07 Å². The molecule has 0 fully saturated rings. The van der Waals surface area contributed by atoms with Crippen molar-refractivity contribution in [2.75, 3.05) is 10.6 Å². The minimum atomic E-state index is -4.62. The summed E-state index contributed by atoms with van der Waals surface area (Å²) in [5.74, 6) is -0.231. The Morgan fingerprint density at radius 3 is 2.27 bits per heavy atom. The van der Waals surface area contributed by atoms with Gasteiger partial charge in [0.1, 0.15) is 5.82 Å². The van der Waals surface area contributed by atoms with Crippen LogP contribution in [0.15, 0.2) is 60.7 Å². The smallest absolute Gasteiger partial charge is 0.340 e. The van der Waals surface area contributed by atoms with Crippen LogP contribution in [0.25, 0.3) is 0 Å². The zero-order valence-corrected chi connectivity index (χ0v) is 13.2. The van der Waals surface area contributed by atoms with Gasteiger partial charge in [0.25, 0.3) is 0 Å². The van der Waals surface area contributed by atoms with E-state index in [2.05, 4.69) is 20.6 Å². The summed E-state index contributed by atoms with van der Waals surface area (Å²) in [7, 11) is 0. The quantitative estimate of drug-likeness (QED) is 0.699. The molecule has 2 N–H and O–H groups in total. The lowest BCUT2D eigenvalue weighted by atomic mass is 10.2. The first-order valence-electron chi connectivity index (χ1n) is 7.49. The predicted octanol–water partition coefficient (Wildman–Crippen LogP) is 4.85. The highest BCUT2D eigenvalue weighted by Crippen LogP contribution is 2.31. The number of hydrogen-bond acceptors (Lipinski definition) is 5. The number of nitrogens with one attached hydrogen (secondary N) is 2. The molecule has 0 atom stereocenters. The predicted molar refractivity (Wildman–Crippen MR) is 91.2 cm³/mol. The van der Waals surface area contributed by atoms with Crippen LogP contribution >= 0.6 is 0 Å². The molecule has 0 unspecified atom stereocenters. The molecule has 2 aromatic carbocycles. The SMILES string of the molecule is N#Cc1cccc(Nc2cc(C(F)(F)F)nc(Nc3ccccc3)n2)c1. The summed E-state index contributed by atoms with van der Waals surface area (Å²) in [5, 5.41) is 14.5. The summed E-state index contributed by atoms with van der Waals surface area (Å²) in [6.07, 6.45) is -4.62. The Morgan fingerprint density at radius 2 is 1.58 bits per heavy atom. The van der Waals surface area contributed by atoms with Gasteiger partial charge < -0.3 is 10.6 Å². The number of nitrogens with zero attached hydrogens (tertiary/aromatic N) is 3. The molecule has 0 aliphatic carbocycles. The summed E-state index contributed by atoms with van der Waals surface area (Å²) in [6, 6.07) is 17.8. The molecular formula is C18H12F3N5. The number of aromatic nitrogens is 2. The highest BCUT2D eigenvalue weighted by Gasteiger charge is 2.33. The molecule has 3 aromatic rings. The van der Waals surface area contributed by atoms with E-state index >= 15 is 0 Å². The van der Waals surface area contributed by atoms with Gasteiger partial charge in [-0.1, -0.05) is 24.3 Å². The molecule has 5 nitrogen and oxygen atoms in total. The van der Waals surface area contributed by atoms with Crippen molar-refractivity contribution in [2.24, 2.45) is 0 Å². The number of hydrogen-bond donors (Lipinski definition) is 2. The second-order valence-electron chi connectivity index (χ2n) is 5.27. The van der Waals surface area contributed by atoms with Crippen molar-refractivity contribution in [3.8, 4) is 6.07 Å². The molecule has 0 spiro atoms. The van der Waals surface area contributed by atoms with Gasteiger partial charge in [-0.2, -0.15) is 23.4 Å². The Bertz CT molecular complexity index is 949. The third-order valence-corrected chi connectivity index (χ3v) is 3.31. The third kappa shape index (κ3) is 4.27. The summed E-state index contributed by atoms with van der Waals surface area (Å²) < 4.78 is 39.5. The number of halogens is 3. The molecule has 0 radical (unpaired) electrons. The van der Waals surface area contributed by atoms with E-state index in [4.69, 9.17) is 5.26 Å². The largest absolute Gasteiger partial charge is 0.433 e. The summed E-state index contributed by atoms with van der Waals surface area (Å²) in [5.41, 5.74) is 0.304. The number of benzene rings is 2. The van der Waals surface area contributed by atoms with Crippen molar-refractivity contribution in [1.82, 2.24) is 9.97 Å². The van der Waals surface area contributed by atoms with Gasteiger partial charge in [0.15, 0.2) is 5.69 Å². The van der Waals surface area contributed by atoms with Crippen LogP contribution < -0.4 is 10.6 Å². The Balaban J connectivity index is 1.95. The fourth-order valence-electron chi connectivity index (χ4n) is 2.18. The van der Waals surface area contributed by atoms with Gasteiger partial charge in [0, 0.05) is 17.4 Å². The van der Waals surface area contributed by atoms with Crippen molar-refractivity contribution in [3.05, 3.63) is 71.9 Å². The number of nitriles is 1. The molecule has 0 aliphatic rings. The van der Waals surface area contributed by atoms with E-state index < -0.39 is 11.9 Å². The van der Waals surface area contributed by atoms with Crippen LogP contribution in [0.5, 0.6) is 0 Å². The van der Waals surface area contributed by atoms with Gasteiger partial charge in [-0.25, -0.2) is 4.98 Å². The van der Waals surface area contributed by atoms with Crippen LogP contribution in [0, 0.1) is 11.3 Å². The summed E-state index contributed by atoms with van der Waals surface area (Å²) in [4.78, 5) is 7.61. The molecule has 0 amide bonds. The average Bonchev–Trinajstić information content (AvgIpc) is 2.62. The third-order valence-electron chi connectivity index (χ3n) is 3.31. The highest BCUT2D eigenvalue weighted by molar-refractivity contribution is 5.61. The maximum absolute atomic E-state index is 13.2. The molecular weight excluding hydrogens is 343 g/mol. The summed E-state index contributed by atoms with van der Waals surface area (Å²) >= 11 is 0. The molecule has 0 saturated heterocycles. The first kappa shape index (κ1) is 17.2. The number of rotatable bonds is 4. The van der Waals surface area contributed by atoms with E-state index in [1.807, 2.05) is 6.07 Å². The monoisotopic (exact) mass is 355 g/mol. The van der Waals surface area contributed by atoms with Gasteiger partial charge in [0.05, 0.1) is 11.6 Å². The minimum absolute atomic E-state index is 0.0409. The lowest BCUT2D eigenvalue weighted by Gasteiger charge is -2.13. The van der Waals surface area contributed by atoms with Gasteiger partial charge in [-0.15, -0.1) is 0 Å². The Hall–Kier alpha value is -3.60. The van der Waals surface area contributed by atoms with E-state index in [9.17, 15) is 13.2 Å². The molecule has 0 aliphatic heterocycles. The number of anilines is 4. The Morgan fingerprint density at radius 1 is 0.846 bits per heavy atom. The molecule has 130 valence electrons. The summed E-state index contributed by atoms with van der Waals surface area (Å²) in [6.45, 7) is 0. The van der Waals surface area contributed by atoms with Crippen LogP contribution in [0.1, 0.15) is 11.3 Å². The fraction of sp³-hybridized carbons (Fsp3) is 0.0556. The van der Waals surface area contributed by atoms with Crippen LogP contribution in [0.4, 0.5) is 36.3 Å². The molecule has 1 aromatic heterocycles. The van der Waals surface area contributed by atoms with Gasteiger partial charge in [-0.3, -0.25) is 0 Å². The normalized spacial score (nSPS) is 10.8. The molecule has 26 heavy (non-hydrogen) atoms. The molecule has 1 heterocycles. The van der Waals surface area contributed by atoms with Crippen LogP contribution in [-0.4, -0.2) is 9.97 Å². The van der Waals surface area contributed by atoms with Crippen molar-refractivity contribution >= 4 is 23.1 Å². The van der Waals surface area contributed by atoms with Crippen molar-refractivity contribution in [1.29, 1.82) is 5.26 Å². The standard InChI is InChI=1S/C18H12F3N5/c19-18(20,21)15-10-16(23-14-8-4-5-12(9-14)11-22)26-17(25-15)24-13-6-2-1-3-7-13/h1-10H,(H2,23,24,25,26). The van der Waals surface area contributed by atoms with Crippen LogP contribution in [-0.2, 0) is 6.18 Å². The Kier molecular flexibility index (Phi) is 4.71.